The lowest BCUT2D eigenvalue weighted by molar-refractivity contribution is -0.117. The van der Waals surface area contributed by atoms with Gasteiger partial charge in [0.1, 0.15) is 5.82 Å². The van der Waals surface area contributed by atoms with E-state index in [1.54, 1.807) is 12.1 Å². The second kappa shape index (κ2) is 10.3. The second-order valence-electron chi connectivity index (χ2n) is 7.07. The molecular formula is C20H31FN4O2. The number of halogens is 1. The highest BCUT2D eigenvalue weighted by molar-refractivity contribution is 5.96. The van der Waals surface area contributed by atoms with Gasteiger partial charge < -0.3 is 20.4 Å². The first-order valence-electron chi connectivity index (χ1n) is 9.78. The van der Waals surface area contributed by atoms with Crippen LogP contribution < -0.4 is 15.5 Å². The van der Waals surface area contributed by atoms with Gasteiger partial charge in [0, 0.05) is 24.7 Å². The van der Waals surface area contributed by atoms with Crippen molar-refractivity contribution in [3.63, 3.8) is 0 Å². The molecule has 0 unspecified atom stereocenters. The minimum absolute atomic E-state index is 0.0667. The zero-order valence-electron chi connectivity index (χ0n) is 16.5. The van der Waals surface area contributed by atoms with Gasteiger partial charge in [-0.1, -0.05) is 19.9 Å². The first-order chi connectivity index (χ1) is 12.9. The third kappa shape index (κ3) is 6.50. The van der Waals surface area contributed by atoms with Crippen molar-refractivity contribution in [3.05, 3.63) is 30.1 Å². The lowest BCUT2D eigenvalue weighted by atomic mass is 10.2. The van der Waals surface area contributed by atoms with Crippen molar-refractivity contribution in [2.45, 2.75) is 52.1 Å². The van der Waals surface area contributed by atoms with Crippen molar-refractivity contribution in [1.29, 1.82) is 0 Å². The van der Waals surface area contributed by atoms with E-state index in [0.29, 0.717) is 12.2 Å². The summed E-state index contributed by atoms with van der Waals surface area (Å²) in [5.41, 5.74) is 0.523. The molecule has 0 spiro atoms. The lowest BCUT2D eigenvalue weighted by Gasteiger charge is -2.21. The fraction of sp³-hybridized carbons (Fsp3) is 0.600. The van der Waals surface area contributed by atoms with Crippen LogP contribution in [0.15, 0.2) is 24.3 Å². The smallest absolute Gasteiger partial charge is 0.315 e. The highest BCUT2D eigenvalue weighted by Crippen LogP contribution is 2.22. The third-order valence-corrected chi connectivity index (χ3v) is 4.96. The summed E-state index contributed by atoms with van der Waals surface area (Å²) in [4.78, 5) is 28.3. The molecule has 1 aliphatic rings. The number of hydrogen-bond acceptors (Lipinski definition) is 3. The van der Waals surface area contributed by atoms with Crippen molar-refractivity contribution in [2.24, 2.45) is 0 Å². The normalized spacial score (nSPS) is 18.0. The highest BCUT2D eigenvalue weighted by atomic mass is 19.1. The first kappa shape index (κ1) is 21.2. The molecule has 150 valence electrons. The van der Waals surface area contributed by atoms with Gasteiger partial charge in [0.15, 0.2) is 0 Å². The minimum Gasteiger partial charge on any atom is -0.336 e. The van der Waals surface area contributed by atoms with Crippen LogP contribution in [0.2, 0.25) is 0 Å². The van der Waals surface area contributed by atoms with Gasteiger partial charge in [0.2, 0.25) is 5.91 Å². The molecule has 2 rings (SSSR count). The number of nitrogens with zero attached hydrogens (tertiary/aromatic N) is 2. The topological polar surface area (TPSA) is 64.7 Å². The molecule has 6 nitrogen and oxygen atoms in total. The van der Waals surface area contributed by atoms with Gasteiger partial charge in [-0.05, 0) is 57.6 Å². The Labute approximate surface area is 161 Å². The van der Waals surface area contributed by atoms with Crippen LogP contribution in [0, 0.1) is 5.82 Å². The van der Waals surface area contributed by atoms with Gasteiger partial charge in [-0.2, -0.15) is 0 Å². The van der Waals surface area contributed by atoms with Crippen molar-refractivity contribution < 1.29 is 14.0 Å². The summed E-state index contributed by atoms with van der Waals surface area (Å²) in [5, 5.41) is 5.80. The number of carbonyl (C=O) groups excluding carboxylic acids is 2. The maximum Gasteiger partial charge on any atom is 0.315 e. The Balaban J connectivity index is 1.75. The van der Waals surface area contributed by atoms with E-state index in [-0.39, 0.29) is 36.3 Å². The fourth-order valence-corrected chi connectivity index (χ4v) is 3.38. The lowest BCUT2D eigenvalue weighted by Crippen LogP contribution is -2.46. The van der Waals surface area contributed by atoms with Gasteiger partial charge in [0.25, 0.3) is 0 Å². The summed E-state index contributed by atoms with van der Waals surface area (Å²) in [7, 11) is 0. The molecule has 1 aromatic rings. The molecule has 27 heavy (non-hydrogen) atoms. The molecule has 0 bridgehead atoms. The highest BCUT2D eigenvalue weighted by Gasteiger charge is 2.31. The first-order valence-corrected chi connectivity index (χ1v) is 9.78. The molecule has 2 atom stereocenters. The van der Waals surface area contributed by atoms with Crippen LogP contribution in [-0.2, 0) is 4.79 Å². The SMILES string of the molecule is CCN(CC)CCC[C@@H](C)NC(=O)N[C@H]1CC(=O)N(c2cccc(F)c2)C1. The Bertz CT molecular complexity index is 636. The monoisotopic (exact) mass is 378 g/mol. The van der Waals surface area contributed by atoms with E-state index in [4.69, 9.17) is 0 Å². The summed E-state index contributed by atoms with van der Waals surface area (Å²) in [6.45, 7) is 9.74. The van der Waals surface area contributed by atoms with Crippen LogP contribution in [0.5, 0.6) is 0 Å². The van der Waals surface area contributed by atoms with E-state index in [1.807, 2.05) is 6.92 Å². The predicted octanol–water partition coefficient (Wildman–Crippen LogP) is 2.74. The fourth-order valence-electron chi connectivity index (χ4n) is 3.38. The van der Waals surface area contributed by atoms with E-state index in [9.17, 15) is 14.0 Å². The zero-order chi connectivity index (χ0) is 19.8. The van der Waals surface area contributed by atoms with E-state index in [2.05, 4.69) is 29.4 Å². The maximum absolute atomic E-state index is 13.4. The molecule has 7 heteroatoms. The van der Waals surface area contributed by atoms with Crippen LogP contribution in [0.3, 0.4) is 0 Å². The largest absolute Gasteiger partial charge is 0.336 e. The maximum atomic E-state index is 13.4. The van der Waals surface area contributed by atoms with E-state index in [1.165, 1.54) is 17.0 Å². The van der Waals surface area contributed by atoms with Crippen LogP contribution in [0.1, 0.15) is 40.0 Å². The quantitative estimate of drug-likeness (QED) is 0.694. The standard InChI is InChI=1S/C20H31FN4O2/c1-4-24(5-2)11-7-8-15(3)22-20(27)23-17-13-19(26)25(14-17)18-10-6-9-16(21)12-18/h6,9-10,12,15,17H,4-5,7-8,11,13-14H2,1-3H3,(H2,22,23,27)/t15-,17+/m1/s1. The van der Waals surface area contributed by atoms with Crippen molar-refractivity contribution in [2.75, 3.05) is 31.1 Å². The average molecular weight is 378 g/mol. The molecule has 3 amide bonds. The van der Waals surface area contributed by atoms with Crippen LogP contribution in [0.25, 0.3) is 0 Å². The van der Waals surface area contributed by atoms with Crippen molar-refractivity contribution in [1.82, 2.24) is 15.5 Å². The van der Waals surface area contributed by atoms with Crippen molar-refractivity contribution >= 4 is 17.6 Å². The Hall–Kier alpha value is -2.15. The molecule has 0 aliphatic carbocycles. The molecule has 0 aromatic heterocycles. The molecule has 1 fully saturated rings. The van der Waals surface area contributed by atoms with Gasteiger partial charge in [-0.3, -0.25) is 4.79 Å². The summed E-state index contributed by atoms with van der Waals surface area (Å²) in [5.74, 6) is -0.494. The summed E-state index contributed by atoms with van der Waals surface area (Å²) >= 11 is 0. The summed E-state index contributed by atoms with van der Waals surface area (Å²) in [6.07, 6.45) is 2.15. The number of urea groups is 1. The molecule has 0 saturated carbocycles. The zero-order valence-corrected chi connectivity index (χ0v) is 16.5. The minimum atomic E-state index is -0.381. The van der Waals surface area contributed by atoms with E-state index >= 15 is 0 Å². The number of rotatable bonds is 9. The third-order valence-electron chi connectivity index (χ3n) is 4.96. The molecule has 0 radical (unpaired) electrons. The van der Waals surface area contributed by atoms with Crippen molar-refractivity contribution in [3.8, 4) is 0 Å². The second-order valence-corrected chi connectivity index (χ2v) is 7.07. The predicted molar refractivity (Wildman–Crippen MR) is 105 cm³/mol. The molecule has 2 N–H and O–H groups in total. The summed E-state index contributed by atoms with van der Waals surface area (Å²) < 4.78 is 13.4. The van der Waals surface area contributed by atoms with Crippen LogP contribution >= 0.6 is 0 Å². The number of nitrogens with one attached hydrogen (secondary N) is 2. The molecule has 1 saturated heterocycles. The van der Waals surface area contributed by atoms with Crippen LogP contribution in [-0.4, -0.2) is 55.1 Å². The van der Waals surface area contributed by atoms with E-state index in [0.717, 1.165) is 32.5 Å². The number of hydrogen-bond donors (Lipinski definition) is 2. The molecule has 1 aliphatic heterocycles. The van der Waals surface area contributed by atoms with Gasteiger partial charge in [0.05, 0.1) is 6.04 Å². The number of carbonyl (C=O) groups is 2. The van der Waals surface area contributed by atoms with Gasteiger partial charge in [-0.15, -0.1) is 0 Å². The average Bonchev–Trinajstić information content (AvgIpc) is 2.98. The molecule has 1 aromatic carbocycles. The number of amides is 3. The number of anilines is 1. The van der Waals surface area contributed by atoms with Gasteiger partial charge in [-0.25, -0.2) is 9.18 Å². The van der Waals surface area contributed by atoms with E-state index < -0.39 is 0 Å². The Morgan fingerprint density at radius 2 is 2.11 bits per heavy atom. The van der Waals surface area contributed by atoms with Gasteiger partial charge >= 0.3 is 6.03 Å². The Kier molecular flexibility index (Phi) is 8.03. The Morgan fingerprint density at radius 3 is 2.78 bits per heavy atom. The molecular weight excluding hydrogens is 347 g/mol. The number of benzene rings is 1. The molecule has 1 heterocycles. The summed E-state index contributed by atoms with van der Waals surface area (Å²) in [6, 6.07) is 5.48. The van der Waals surface area contributed by atoms with Crippen LogP contribution in [0.4, 0.5) is 14.9 Å². The Morgan fingerprint density at radius 1 is 1.37 bits per heavy atom.